The molecule has 4 aromatic carbocycles. The molecule has 0 bridgehead atoms. The van der Waals surface area contributed by atoms with E-state index < -0.39 is 24.7 Å². The van der Waals surface area contributed by atoms with Gasteiger partial charge >= 0.3 is 0 Å². The summed E-state index contributed by atoms with van der Waals surface area (Å²) in [6, 6.07) is 26.5. The molecule has 4 atom stereocenters. The third kappa shape index (κ3) is 6.03. The number of non-ortho nitro benzene ring substituents is 1. The van der Waals surface area contributed by atoms with Crippen molar-refractivity contribution in [2.45, 2.75) is 50.2 Å². The molecule has 0 aromatic heterocycles. The van der Waals surface area contributed by atoms with E-state index in [1.165, 1.54) is 12.1 Å². The van der Waals surface area contributed by atoms with Crippen LogP contribution < -0.4 is 24.9 Å². The van der Waals surface area contributed by atoms with Crippen molar-refractivity contribution in [2.75, 3.05) is 31.0 Å². The summed E-state index contributed by atoms with van der Waals surface area (Å²) in [5.74, 6) is 0.402. The average molecular weight is 696 g/mol. The number of aliphatic hydroxyl groups excluding tert-OH is 1. The normalized spacial score (nSPS) is 21.3. The molecule has 4 aromatic rings. The fraction of sp³-hybridized carbons (Fsp3) is 0.316. The van der Waals surface area contributed by atoms with Gasteiger partial charge in [0, 0.05) is 41.5 Å². The minimum Gasteiger partial charge on any atom is -0.497 e. The number of rotatable bonds is 11. The van der Waals surface area contributed by atoms with Crippen LogP contribution in [0.2, 0.25) is 18.6 Å². The van der Waals surface area contributed by atoms with Crippen molar-refractivity contribution >= 4 is 42.1 Å². The Morgan fingerprint density at radius 2 is 1.66 bits per heavy atom. The maximum absolute atomic E-state index is 14.9. The molecule has 12 heteroatoms. The molecular weight excluding hydrogens is 655 g/mol. The van der Waals surface area contributed by atoms with Crippen molar-refractivity contribution in [3.05, 3.63) is 118 Å². The van der Waals surface area contributed by atoms with Crippen LogP contribution in [0.5, 0.6) is 11.5 Å². The summed E-state index contributed by atoms with van der Waals surface area (Å²) >= 11 is 0. The zero-order valence-corrected chi connectivity index (χ0v) is 29.7. The first-order valence-corrected chi connectivity index (χ1v) is 19.6. The van der Waals surface area contributed by atoms with Crippen molar-refractivity contribution in [1.82, 2.24) is 0 Å². The summed E-state index contributed by atoms with van der Waals surface area (Å²) in [7, 11) is 0.757. The molecule has 2 amide bonds. The number of fused-ring (bicyclic) bond motifs is 2. The number of amides is 2. The standard InChI is InChI=1S/C38H41N3O8Si/c1-24-35(50(4,5)31-16-14-30(48-3)15-17-31)34(19-20-42)49-38(24)32-22-28(41(45)46)11-18-33(32)40(37(38)44)23-25-7-6-8-27(21-25)39-36(43)26-9-12-29(47-2)13-10-26/h6-18,21-22,24,34-35,42H,19-20,23H2,1-5H3,(H,39,43)/t24-,34+,35-,38+/m0/s1. The summed E-state index contributed by atoms with van der Waals surface area (Å²) in [5.41, 5.74) is 1.00. The lowest BCUT2D eigenvalue weighted by Gasteiger charge is -2.37. The fourth-order valence-corrected chi connectivity index (χ4v) is 11.9. The zero-order valence-electron chi connectivity index (χ0n) is 28.7. The molecule has 6 rings (SSSR count). The van der Waals surface area contributed by atoms with Gasteiger partial charge in [0.05, 0.1) is 45.6 Å². The van der Waals surface area contributed by atoms with E-state index in [4.69, 9.17) is 14.2 Å². The van der Waals surface area contributed by atoms with Gasteiger partial charge in [-0.05, 0) is 72.1 Å². The first kappa shape index (κ1) is 34.8. The van der Waals surface area contributed by atoms with Crippen LogP contribution in [-0.2, 0) is 21.7 Å². The lowest BCUT2D eigenvalue weighted by molar-refractivity contribution is -0.385. The van der Waals surface area contributed by atoms with Gasteiger partial charge in [-0.15, -0.1) is 0 Å². The highest BCUT2D eigenvalue weighted by Gasteiger charge is 2.66. The Morgan fingerprint density at radius 3 is 2.28 bits per heavy atom. The summed E-state index contributed by atoms with van der Waals surface area (Å²) < 4.78 is 17.5. The number of methoxy groups -OCH3 is 2. The van der Waals surface area contributed by atoms with E-state index >= 15 is 0 Å². The molecule has 0 aliphatic carbocycles. The van der Waals surface area contributed by atoms with Gasteiger partial charge in [-0.3, -0.25) is 19.7 Å². The lowest BCUT2D eigenvalue weighted by Crippen LogP contribution is -2.51. The van der Waals surface area contributed by atoms with Gasteiger partial charge in [0.2, 0.25) is 0 Å². The molecule has 2 N–H and O–H groups in total. The summed E-state index contributed by atoms with van der Waals surface area (Å²) in [5, 5.41) is 26.3. The number of carbonyl (C=O) groups is 2. The van der Waals surface area contributed by atoms with Crippen molar-refractivity contribution in [3.8, 4) is 11.5 Å². The molecular formula is C38H41N3O8Si. The predicted molar refractivity (Wildman–Crippen MR) is 193 cm³/mol. The summed E-state index contributed by atoms with van der Waals surface area (Å²) in [4.78, 5) is 41.1. The Morgan fingerprint density at radius 1 is 1.00 bits per heavy atom. The molecule has 1 fully saturated rings. The second-order valence-electron chi connectivity index (χ2n) is 13.4. The van der Waals surface area contributed by atoms with Crippen LogP contribution in [-0.4, -0.2) is 56.8 Å². The molecule has 2 aliphatic rings. The Kier molecular flexibility index (Phi) is 9.53. The predicted octanol–water partition coefficient (Wildman–Crippen LogP) is 6.01. The lowest BCUT2D eigenvalue weighted by atomic mass is 9.82. The topological polar surface area (TPSA) is 140 Å². The number of aliphatic hydroxyl groups is 1. The Hall–Kier alpha value is -5.04. The summed E-state index contributed by atoms with van der Waals surface area (Å²) in [6.45, 7) is 6.48. The third-order valence-electron chi connectivity index (χ3n) is 10.3. The number of benzene rings is 4. The van der Waals surface area contributed by atoms with E-state index in [0.717, 1.165) is 16.5 Å². The Bertz CT molecular complexity index is 1920. The van der Waals surface area contributed by atoms with Gasteiger partial charge in [0.1, 0.15) is 11.5 Å². The van der Waals surface area contributed by atoms with E-state index in [-0.39, 0.29) is 42.1 Å². The number of nitrogens with one attached hydrogen (secondary N) is 1. The minimum atomic E-state index is -2.42. The third-order valence-corrected chi connectivity index (χ3v) is 14.7. The van der Waals surface area contributed by atoms with Gasteiger partial charge < -0.3 is 29.5 Å². The number of carbonyl (C=O) groups excluding carboxylic acids is 2. The number of nitro groups is 1. The summed E-state index contributed by atoms with van der Waals surface area (Å²) in [6.07, 6.45) is -0.150. The number of nitrogens with zero attached hydrogens (tertiary/aromatic N) is 2. The monoisotopic (exact) mass is 695 g/mol. The van der Waals surface area contributed by atoms with Crippen LogP contribution in [0.3, 0.4) is 0 Å². The zero-order chi connectivity index (χ0) is 35.8. The molecule has 50 heavy (non-hydrogen) atoms. The van der Waals surface area contributed by atoms with Crippen LogP contribution in [0.1, 0.15) is 34.8 Å². The smallest absolute Gasteiger partial charge is 0.269 e. The second kappa shape index (κ2) is 13.7. The van der Waals surface area contributed by atoms with Gasteiger partial charge in [-0.2, -0.15) is 0 Å². The van der Waals surface area contributed by atoms with Crippen LogP contribution in [0, 0.1) is 16.0 Å². The SMILES string of the molecule is COc1ccc(C(=O)Nc2cccc(CN3C(=O)[C@]4(O[C@H](CCO)[C@@H]([Si](C)(C)c5ccc(OC)cc5)[C@@H]4C)c4cc([N+](=O)[O-])ccc43)c2)cc1. The maximum atomic E-state index is 14.9. The molecule has 260 valence electrons. The second-order valence-corrected chi connectivity index (χ2v) is 18.1. The number of nitro benzene ring substituents is 1. The van der Waals surface area contributed by atoms with Crippen LogP contribution in [0.25, 0.3) is 0 Å². The highest BCUT2D eigenvalue weighted by Crippen LogP contribution is 2.60. The number of anilines is 2. The van der Waals surface area contributed by atoms with Gasteiger partial charge in [-0.1, -0.05) is 49.5 Å². The molecule has 11 nitrogen and oxygen atoms in total. The van der Waals surface area contributed by atoms with Crippen LogP contribution in [0.4, 0.5) is 17.1 Å². The van der Waals surface area contributed by atoms with E-state index in [1.54, 1.807) is 67.7 Å². The number of hydrogen-bond donors (Lipinski definition) is 2. The van der Waals surface area contributed by atoms with Crippen LogP contribution in [0.15, 0.2) is 91.0 Å². The Labute approximate surface area is 292 Å². The van der Waals surface area contributed by atoms with E-state index in [2.05, 4.69) is 30.5 Å². The highest BCUT2D eigenvalue weighted by molar-refractivity contribution is 6.91. The quantitative estimate of drug-likeness (QED) is 0.111. The molecule has 2 aliphatic heterocycles. The minimum absolute atomic E-state index is 0.115. The first-order valence-electron chi connectivity index (χ1n) is 16.5. The van der Waals surface area contributed by atoms with Crippen molar-refractivity contribution < 1.29 is 33.8 Å². The van der Waals surface area contributed by atoms with Crippen molar-refractivity contribution in [2.24, 2.45) is 5.92 Å². The molecule has 0 radical (unpaired) electrons. The Balaban J connectivity index is 1.36. The van der Waals surface area contributed by atoms with Gasteiger partial charge in [0.25, 0.3) is 17.5 Å². The van der Waals surface area contributed by atoms with Crippen LogP contribution >= 0.6 is 0 Å². The fourth-order valence-electron chi connectivity index (χ4n) is 7.84. The number of hydrogen-bond acceptors (Lipinski definition) is 8. The maximum Gasteiger partial charge on any atom is 0.269 e. The van der Waals surface area contributed by atoms with E-state index in [0.29, 0.717) is 34.7 Å². The number of ether oxygens (including phenoxy) is 3. The molecule has 0 unspecified atom stereocenters. The molecule has 2 heterocycles. The largest absolute Gasteiger partial charge is 0.497 e. The first-order chi connectivity index (χ1) is 23.9. The molecule has 1 spiro atoms. The van der Waals surface area contributed by atoms with E-state index in [9.17, 15) is 24.8 Å². The molecule has 1 saturated heterocycles. The van der Waals surface area contributed by atoms with Crippen molar-refractivity contribution in [1.29, 1.82) is 0 Å². The van der Waals surface area contributed by atoms with Gasteiger partial charge in [0.15, 0.2) is 5.60 Å². The van der Waals surface area contributed by atoms with Gasteiger partial charge in [-0.25, -0.2) is 0 Å². The van der Waals surface area contributed by atoms with Crippen molar-refractivity contribution in [3.63, 3.8) is 0 Å². The molecule has 0 saturated carbocycles. The average Bonchev–Trinajstić information content (AvgIpc) is 3.54. The highest BCUT2D eigenvalue weighted by atomic mass is 28.3. The van der Waals surface area contributed by atoms with E-state index in [1.807, 2.05) is 25.1 Å².